The molecular weight excluding hydrogens is 162 g/mol. The van der Waals surface area contributed by atoms with Crippen LogP contribution in [0, 0.1) is 6.92 Å². The van der Waals surface area contributed by atoms with Crippen LogP contribution in [0.1, 0.15) is 11.3 Å². The molecule has 0 aliphatic rings. The molecule has 70 valence electrons. The summed E-state index contributed by atoms with van der Waals surface area (Å²) >= 11 is 0. The molecule has 13 heavy (non-hydrogen) atoms. The second-order valence-corrected chi connectivity index (χ2v) is 2.90. The predicted molar refractivity (Wildman–Crippen MR) is 56.3 cm³/mol. The monoisotopic (exact) mass is 177 g/mol. The molecule has 3 heteroatoms. The van der Waals surface area contributed by atoms with Crippen molar-refractivity contribution in [2.24, 2.45) is 0 Å². The molecule has 0 spiro atoms. The maximum atomic E-state index is 5.71. The highest BCUT2D eigenvalue weighted by Gasteiger charge is 1.93. The SMILES string of the molecule is CNCC=Cc1cnc(C)c(N)c1. The van der Waals surface area contributed by atoms with Crippen LogP contribution >= 0.6 is 0 Å². The Balaban J connectivity index is 2.73. The highest BCUT2D eigenvalue weighted by atomic mass is 14.8. The third-order valence-electron chi connectivity index (χ3n) is 1.78. The van der Waals surface area contributed by atoms with E-state index < -0.39 is 0 Å². The molecule has 1 rings (SSSR count). The second-order valence-electron chi connectivity index (χ2n) is 2.90. The molecule has 0 aliphatic carbocycles. The fourth-order valence-corrected chi connectivity index (χ4v) is 0.971. The van der Waals surface area contributed by atoms with Crippen molar-refractivity contribution < 1.29 is 0 Å². The van der Waals surface area contributed by atoms with Gasteiger partial charge in [0, 0.05) is 12.7 Å². The van der Waals surface area contributed by atoms with Gasteiger partial charge in [-0.15, -0.1) is 0 Å². The Morgan fingerprint density at radius 2 is 2.38 bits per heavy atom. The smallest absolute Gasteiger partial charge is 0.0602 e. The summed E-state index contributed by atoms with van der Waals surface area (Å²) in [7, 11) is 1.91. The van der Waals surface area contributed by atoms with E-state index in [1.807, 2.05) is 38.4 Å². The summed E-state index contributed by atoms with van der Waals surface area (Å²) in [5.41, 5.74) is 8.38. The number of pyridine rings is 1. The van der Waals surface area contributed by atoms with Crippen molar-refractivity contribution in [2.75, 3.05) is 19.3 Å². The highest BCUT2D eigenvalue weighted by Crippen LogP contribution is 2.10. The molecule has 0 aliphatic heterocycles. The van der Waals surface area contributed by atoms with Gasteiger partial charge in [-0.3, -0.25) is 4.98 Å². The number of likely N-dealkylation sites (N-methyl/N-ethyl adjacent to an activating group) is 1. The first-order valence-electron chi connectivity index (χ1n) is 4.27. The molecule has 0 unspecified atom stereocenters. The maximum Gasteiger partial charge on any atom is 0.0602 e. The number of hydrogen-bond donors (Lipinski definition) is 2. The van der Waals surface area contributed by atoms with Crippen molar-refractivity contribution in [1.29, 1.82) is 0 Å². The van der Waals surface area contributed by atoms with Gasteiger partial charge in [-0.25, -0.2) is 0 Å². The van der Waals surface area contributed by atoms with Crippen LogP contribution in [0.5, 0.6) is 0 Å². The Morgan fingerprint density at radius 1 is 1.62 bits per heavy atom. The number of hydrogen-bond acceptors (Lipinski definition) is 3. The molecule has 0 fully saturated rings. The Hall–Kier alpha value is -1.35. The minimum absolute atomic E-state index is 0.742. The zero-order valence-corrected chi connectivity index (χ0v) is 8.04. The van der Waals surface area contributed by atoms with Gasteiger partial charge in [0.2, 0.25) is 0 Å². The third kappa shape index (κ3) is 2.87. The number of nitrogen functional groups attached to an aromatic ring is 1. The van der Waals surface area contributed by atoms with Crippen LogP contribution in [0.3, 0.4) is 0 Å². The molecular formula is C10H15N3. The number of rotatable bonds is 3. The first kappa shape index (κ1) is 9.74. The summed E-state index contributed by atoms with van der Waals surface area (Å²) in [5.74, 6) is 0. The molecule has 3 nitrogen and oxygen atoms in total. The molecule has 0 saturated carbocycles. The van der Waals surface area contributed by atoms with Gasteiger partial charge in [-0.2, -0.15) is 0 Å². The quantitative estimate of drug-likeness (QED) is 0.729. The predicted octanol–water partition coefficient (Wildman–Crippen LogP) is 1.20. The lowest BCUT2D eigenvalue weighted by molar-refractivity contribution is 0.922. The van der Waals surface area contributed by atoms with Gasteiger partial charge in [-0.1, -0.05) is 12.2 Å². The highest BCUT2D eigenvalue weighted by molar-refractivity contribution is 5.55. The largest absolute Gasteiger partial charge is 0.397 e. The fourth-order valence-electron chi connectivity index (χ4n) is 0.971. The van der Waals surface area contributed by atoms with Gasteiger partial charge in [0.25, 0.3) is 0 Å². The lowest BCUT2D eigenvalue weighted by Gasteiger charge is -1.99. The molecule has 1 heterocycles. The summed E-state index contributed by atoms with van der Waals surface area (Å²) in [6.07, 6.45) is 5.85. The normalized spacial score (nSPS) is 10.9. The average molecular weight is 177 g/mol. The lowest BCUT2D eigenvalue weighted by atomic mass is 10.2. The Kier molecular flexibility index (Phi) is 3.46. The number of aryl methyl sites for hydroxylation is 1. The van der Waals surface area contributed by atoms with Crippen LogP contribution < -0.4 is 11.1 Å². The zero-order chi connectivity index (χ0) is 9.68. The number of aromatic nitrogens is 1. The van der Waals surface area contributed by atoms with Crippen molar-refractivity contribution in [3.8, 4) is 0 Å². The van der Waals surface area contributed by atoms with Crippen LogP contribution in [0.25, 0.3) is 6.08 Å². The van der Waals surface area contributed by atoms with Gasteiger partial charge < -0.3 is 11.1 Å². The van der Waals surface area contributed by atoms with E-state index in [4.69, 9.17) is 5.73 Å². The van der Waals surface area contributed by atoms with Gasteiger partial charge in [-0.05, 0) is 25.6 Å². The molecule has 0 bridgehead atoms. The van der Waals surface area contributed by atoms with Gasteiger partial charge in [0.15, 0.2) is 0 Å². The molecule has 1 aromatic heterocycles. The molecule has 0 aromatic carbocycles. The van der Waals surface area contributed by atoms with Crippen molar-refractivity contribution in [3.05, 3.63) is 29.6 Å². The van der Waals surface area contributed by atoms with Crippen LogP contribution in [-0.4, -0.2) is 18.6 Å². The van der Waals surface area contributed by atoms with Crippen LogP contribution in [-0.2, 0) is 0 Å². The Bertz CT molecular complexity index is 305. The third-order valence-corrected chi connectivity index (χ3v) is 1.78. The lowest BCUT2D eigenvalue weighted by Crippen LogP contribution is -2.03. The molecule has 0 atom stereocenters. The molecule has 3 N–H and O–H groups in total. The van der Waals surface area contributed by atoms with Crippen LogP contribution in [0.15, 0.2) is 18.3 Å². The summed E-state index contributed by atoms with van der Waals surface area (Å²) < 4.78 is 0. The Labute approximate surface area is 78.7 Å². The Morgan fingerprint density at radius 3 is 3.00 bits per heavy atom. The topological polar surface area (TPSA) is 50.9 Å². The second kappa shape index (κ2) is 4.62. The van der Waals surface area contributed by atoms with Gasteiger partial charge >= 0.3 is 0 Å². The summed E-state index contributed by atoms with van der Waals surface area (Å²) in [6.45, 7) is 2.75. The van der Waals surface area contributed by atoms with E-state index in [1.165, 1.54) is 0 Å². The molecule has 0 amide bonds. The standard InChI is InChI=1S/C10H15N3/c1-8-10(11)6-9(7-13-8)4-3-5-12-2/h3-4,6-7,12H,5,11H2,1-2H3. The fraction of sp³-hybridized carbons (Fsp3) is 0.300. The van der Waals surface area contributed by atoms with E-state index in [0.29, 0.717) is 0 Å². The summed E-state index contributed by atoms with van der Waals surface area (Å²) in [5, 5.41) is 3.03. The maximum absolute atomic E-state index is 5.71. The number of nitrogens with one attached hydrogen (secondary N) is 1. The average Bonchev–Trinajstić information content (AvgIpc) is 2.12. The first-order chi connectivity index (χ1) is 6.24. The minimum Gasteiger partial charge on any atom is -0.397 e. The van der Waals surface area contributed by atoms with Crippen molar-refractivity contribution in [3.63, 3.8) is 0 Å². The number of nitrogens with two attached hydrogens (primary N) is 1. The van der Waals surface area contributed by atoms with Crippen molar-refractivity contribution >= 4 is 11.8 Å². The molecule has 1 aromatic rings. The van der Waals surface area contributed by atoms with E-state index in [-0.39, 0.29) is 0 Å². The van der Waals surface area contributed by atoms with E-state index in [9.17, 15) is 0 Å². The summed E-state index contributed by atoms with van der Waals surface area (Å²) in [6, 6.07) is 1.93. The molecule has 0 saturated heterocycles. The van der Waals surface area contributed by atoms with E-state index in [1.54, 1.807) is 0 Å². The van der Waals surface area contributed by atoms with E-state index in [2.05, 4.69) is 10.3 Å². The molecule has 0 radical (unpaired) electrons. The van der Waals surface area contributed by atoms with Crippen molar-refractivity contribution in [2.45, 2.75) is 6.92 Å². The van der Waals surface area contributed by atoms with E-state index in [0.717, 1.165) is 23.5 Å². The van der Waals surface area contributed by atoms with Crippen LogP contribution in [0.4, 0.5) is 5.69 Å². The van der Waals surface area contributed by atoms with E-state index >= 15 is 0 Å². The zero-order valence-electron chi connectivity index (χ0n) is 8.04. The van der Waals surface area contributed by atoms with Gasteiger partial charge in [0.05, 0.1) is 11.4 Å². The minimum atomic E-state index is 0.742. The van der Waals surface area contributed by atoms with Crippen LogP contribution in [0.2, 0.25) is 0 Å². The number of anilines is 1. The van der Waals surface area contributed by atoms with Crippen molar-refractivity contribution in [1.82, 2.24) is 10.3 Å². The number of nitrogens with zero attached hydrogens (tertiary/aromatic N) is 1. The van der Waals surface area contributed by atoms with Gasteiger partial charge in [0.1, 0.15) is 0 Å². The summed E-state index contributed by atoms with van der Waals surface area (Å²) in [4.78, 5) is 4.16. The first-order valence-corrected chi connectivity index (χ1v) is 4.27.